The van der Waals surface area contributed by atoms with Crippen LogP contribution in [0.4, 0.5) is 5.69 Å². The third-order valence-electron chi connectivity index (χ3n) is 2.99. The van der Waals surface area contributed by atoms with Gasteiger partial charge in [-0.25, -0.2) is 5.43 Å². The van der Waals surface area contributed by atoms with Gasteiger partial charge in [0.15, 0.2) is 0 Å². The topological polar surface area (TPSA) is 62.7 Å². The molecule has 22 heavy (non-hydrogen) atoms. The molecule has 0 saturated heterocycles. The largest absolute Gasteiger partial charge is 0.495 e. The highest BCUT2D eigenvalue weighted by Crippen LogP contribution is 2.22. The summed E-state index contributed by atoms with van der Waals surface area (Å²) in [5.41, 5.74) is 5.34. The van der Waals surface area contributed by atoms with Crippen LogP contribution in [-0.2, 0) is 4.79 Å². The fraction of sp³-hybridized carbons (Fsp3) is 0.176. The Balaban J connectivity index is 1.83. The smallest absolute Gasteiger partial charge is 0.259 e. The summed E-state index contributed by atoms with van der Waals surface area (Å²) < 4.78 is 5.20. The number of rotatable bonds is 6. The van der Waals surface area contributed by atoms with E-state index in [1.54, 1.807) is 13.3 Å². The molecule has 0 aliphatic rings. The summed E-state index contributed by atoms with van der Waals surface area (Å²) in [6, 6.07) is 15.3. The average Bonchev–Trinajstić information content (AvgIpc) is 2.53. The summed E-state index contributed by atoms with van der Waals surface area (Å²) in [4.78, 5) is 11.7. The Kier molecular flexibility index (Phi) is 5.54. The molecular formula is C17H19N3O2. The van der Waals surface area contributed by atoms with Gasteiger partial charge in [-0.1, -0.05) is 42.0 Å². The lowest BCUT2D eigenvalue weighted by Crippen LogP contribution is -2.26. The number of benzene rings is 2. The number of nitrogens with zero attached hydrogens (tertiary/aromatic N) is 1. The predicted molar refractivity (Wildman–Crippen MR) is 88.4 cm³/mol. The number of ether oxygens (including phenoxy) is 1. The van der Waals surface area contributed by atoms with Crippen LogP contribution in [-0.4, -0.2) is 25.8 Å². The van der Waals surface area contributed by atoms with Gasteiger partial charge in [0.1, 0.15) is 5.75 Å². The molecule has 0 spiro atoms. The zero-order valence-corrected chi connectivity index (χ0v) is 12.7. The number of aryl methyl sites for hydroxylation is 1. The summed E-state index contributed by atoms with van der Waals surface area (Å²) >= 11 is 0. The third-order valence-corrected chi connectivity index (χ3v) is 2.99. The van der Waals surface area contributed by atoms with Crippen molar-refractivity contribution in [3.63, 3.8) is 0 Å². The molecule has 114 valence electrons. The van der Waals surface area contributed by atoms with Gasteiger partial charge in [0.05, 0.1) is 25.6 Å². The highest BCUT2D eigenvalue weighted by atomic mass is 16.5. The number of hydrogen-bond acceptors (Lipinski definition) is 4. The Morgan fingerprint density at radius 2 is 2.05 bits per heavy atom. The maximum atomic E-state index is 11.7. The maximum absolute atomic E-state index is 11.7. The standard InChI is InChI=1S/C17H19N3O2/c1-13-6-5-7-14(10-13)11-19-20-17(21)12-18-15-8-3-4-9-16(15)22-2/h3-11,18H,12H2,1-2H3,(H,20,21). The molecule has 0 saturated carbocycles. The molecule has 0 aromatic heterocycles. The number of methoxy groups -OCH3 is 1. The van der Waals surface area contributed by atoms with Gasteiger partial charge >= 0.3 is 0 Å². The van der Waals surface area contributed by atoms with Gasteiger partial charge in [-0.2, -0.15) is 5.10 Å². The molecule has 0 heterocycles. The number of carbonyl (C=O) groups excluding carboxylic acids is 1. The molecule has 1 amide bonds. The minimum atomic E-state index is -0.227. The highest BCUT2D eigenvalue weighted by Gasteiger charge is 2.03. The molecule has 0 radical (unpaired) electrons. The first-order chi connectivity index (χ1) is 10.7. The van der Waals surface area contributed by atoms with Crippen molar-refractivity contribution in [3.8, 4) is 5.75 Å². The number of carbonyl (C=O) groups is 1. The first-order valence-electron chi connectivity index (χ1n) is 6.94. The van der Waals surface area contributed by atoms with Crippen molar-refractivity contribution in [3.05, 3.63) is 59.7 Å². The third kappa shape index (κ3) is 4.63. The fourth-order valence-corrected chi connectivity index (χ4v) is 1.93. The first-order valence-corrected chi connectivity index (χ1v) is 6.94. The SMILES string of the molecule is COc1ccccc1NCC(=O)NN=Cc1cccc(C)c1. The maximum Gasteiger partial charge on any atom is 0.259 e. The van der Waals surface area contributed by atoms with Crippen LogP contribution in [0.3, 0.4) is 0 Å². The van der Waals surface area contributed by atoms with Crippen LogP contribution in [0, 0.1) is 6.92 Å². The number of anilines is 1. The minimum absolute atomic E-state index is 0.117. The summed E-state index contributed by atoms with van der Waals surface area (Å²) in [5, 5.41) is 6.95. The van der Waals surface area contributed by atoms with Gasteiger partial charge in [0.25, 0.3) is 5.91 Å². The van der Waals surface area contributed by atoms with Crippen molar-refractivity contribution in [1.82, 2.24) is 5.43 Å². The monoisotopic (exact) mass is 297 g/mol. The van der Waals surface area contributed by atoms with E-state index in [0.717, 1.165) is 16.8 Å². The molecule has 2 N–H and O–H groups in total. The second-order valence-electron chi connectivity index (χ2n) is 4.76. The Bertz CT molecular complexity index is 668. The lowest BCUT2D eigenvalue weighted by atomic mass is 10.2. The van der Waals surface area contributed by atoms with Crippen LogP contribution >= 0.6 is 0 Å². The van der Waals surface area contributed by atoms with E-state index in [4.69, 9.17) is 4.74 Å². The molecule has 2 rings (SSSR count). The molecule has 0 atom stereocenters. The molecule has 5 heteroatoms. The van der Waals surface area contributed by atoms with Crippen molar-refractivity contribution < 1.29 is 9.53 Å². The lowest BCUT2D eigenvalue weighted by molar-refractivity contribution is -0.119. The first kappa shape index (κ1) is 15.6. The van der Waals surface area contributed by atoms with Crippen LogP contribution in [0.5, 0.6) is 5.75 Å². The summed E-state index contributed by atoms with van der Waals surface area (Å²) in [5.74, 6) is 0.466. The van der Waals surface area contributed by atoms with Crippen LogP contribution < -0.4 is 15.5 Å². The number of nitrogens with one attached hydrogen (secondary N) is 2. The average molecular weight is 297 g/mol. The highest BCUT2D eigenvalue weighted by molar-refractivity contribution is 5.84. The predicted octanol–water partition coefficient (Wildman–Crippen LogP) is 2.57. The van der Waals surface area contributed by atoms with Crippen molar-refractivity contribution in [2.24, 2.45) is 5.10 Å². The van der Waals surface area contributed by atoms with E-state index in [2.05, 4.69) is 15.8 Å². The van der Waals surface area contributed by atoms with Crippen LogP contribution in [0.1, 0.15) is 11.1 Å². The Labute approximate surface area is 130 Å². The second-order valence-corrected chi connectivity index (χ2v) is 4.76. The van der Waals surface area contributed by atoms with Gasteiger partial charge in [-0.15, -0.1) is 0 Å². The zero-order chi connectivity index (χ0) is 15.8. The van der Waals surface area contributed by atoms with Crippen LogP contribution in [0.15, 0.2) is 53.6 Å². The van der Waals surface area contributed by atoms with E-state index >= 15 is 0 Å². The quantitative estimate of drug-likeness (QED) is 0.636. The lowest BCUT2D eigenvalue weighted by Gasteiger charge is -2.09. The summed E-state index contributed by atoms with van der Waals surface area (Å²) in [6.07, 6.45) is 1.62. The van der Waals surface area contributed by atoms with Crippen molar-refractivity contribution in [2.75, 3.05) is 19.0 Å². The normalized spacial score (nSPS) is 10.5. The van der Waals surface area contributed by atoms with E-state index in [-0.39, 0.29) is 12.5 Å². The van der Waals surface area contributed by atoms with E-state index in [1.807, 2.05) is 55.5 Å². The van der Waals surface area contributed by atoms with Crippen LogP contribution in [0.2, 0.25) is 0 Å². The van der Waals surface area contributed by atoms with Crippen molar-refractivity contribution in [1.29, 1.82) is 0 Å². The molecule has 2 aromatic carbocycles. The van der Waals surface area contributed by atoms with Gasteiger partial charge in [0.2, 0.25) is 0 Å². The number of amides is 1. The van der Waals surface area contributed by atoms with Crippen LogP contribution in [0.25, 0.3) is 0 Å². The molecule has 0 aliphatic heterocycles. The Morgan fingerprint density at radius 1 is 1.23 bits per heavy atom. The number of para-hydroxylation sites is 2. The number of hydrogen-bond donors (Lipinski definition) is 2. The van der Waals surface area contributed by atoms with Gasteiger partial charge in [-0.05, 0) is 24.6 Å². The van der Waals surface area contributed by atoms with E-state index in [9.17, 15) is 4.79 Å². The Morgan fingerprint density at radius 3 is 2.82 bits per heavy atom. The second kappa shape index (κ2) is 7.83. The number of hydrazone groups is 1. The zero-order valence-electron chi connectivity index (χ0n) is 12.7. The summed E-state index contributed by atoms with van der Waals surface area (Å²) in [7, 11) is 1.59. The van der Waals surface area contributed by atoms with Gasteiger partial charge in [0, 0.05) is 0 Å². The molecule has 2 aromatic rings. The Hall–Kier alpha value is -2.82. The molecule has 0 aliphatic carbocycles. The van der Waals surface area contributed by atoms with Crippen molar-refractivity contribution in [2.45, 2.75) is 6.92 Å². The summed E-state index contributed by atoms with van der Waals surface area (Å²) in [6.45, 7) is 2.12. The van der Waals surface area contributed by atoms with E-state index in [0.29, 0.717) is 5.75 Å². The molecule has 0 fully saturated rings. The minimum Gasteiger partial charge on any atom is -0.495 e. The van der Waals surface area contributed by atoms with Gasteiger partial charge in [-0.3, -0.25) is 4.79 Å². The van der Waals surface area contributed by atoms with Gasteiger partial charge < -0.3 is 10.1 Å². The van der Waals surface area contributed by atoms with Crippen molar-refractivity contribution >= 4 is 17.8 Å². The van der Waals surface area contributed by atoms with E-state index < -0.39 is 0 Å². The molecular weight excluding hydrogens is 278 g/mol. The molecule has 0 unspecified atom stereocenters. The van der Waals surface area contributed by atoms with E-state index in [1.165, 1.54) is 0 Å². The fourth-order valence-electron chi connectivity index (χ4n) is 1.93. The molecule has 5 nitrogen and oxygen atoms in total. The molecule has 0 bridgehead atoms.